The average molecular weight is 487 g/mol. The predicted octanol–water partition coefficient (Wildman–Crippen LogP) is 4.76. The quantitative estimate of drug-likeness (QED) is 0.312. The van der Waals surface area contributed by atoms with E-state index >= 15 is 0 Å². The summed E-state index contributed by atoms with van der Waals surface area (Å²) >= 11 is 7.29. The number of carbonyl (C=O) groups excluding carboxylic acids is 1. The highest BCUT2D eigenvalue weighted by Crippen LogP contribution is 2.22. The molecule has 0 bridgehead atoms. The first-order valence-corrected chi connectivity index (χ1v) is 12.7. The Kier molecular flexibility index (Phi) is 9.35. The number of rotatable bonds is 11. The number of nitrogens with one attached hydrogen (secondary N) is 1. The molecule has 0 spiro atoms. The number of fused-ring (bicyclic) bond motifs is 1. The van der Waals surface area contributed by atoms with E-state index in [4.69, 9.17) is 11.6 Å². The van der Waals surface area contributed by atoms with Crippen LogP contribution in [0.1, 0.15) is 33.6 Å². The van der Waals surface area contributed by atoms with E-state index < -0.39 is 0 Å². The van der Waals surface area contributed by atoms with E-state index in [9.17, 15) is 9.59 Å². The van der Waals surface area contributed by atoms with E-state index in [0.717, 1.165) is 32.5 Å². The molecule has 33 heavy (non-hydrogen) atoms. The highest BCUT2D eigenvalue weighted by Gasteiger charge is 2.16. The molecule has 0 fully saturated rings. The number of aromatic nitrogens is 2. The fourth-order valence-corrected chi connectivity index (χ4v) is 4.66. The Hall–Kier alpha value is -2.35. The van der Waals surface area contributed by atoms with Gasteiger partial charge in [-0.15, -0.1) is 0 Å². The van der Waals surface area contributed by atoms with E-state index in [-0.39, 0.29) is 23.3 Å². The summed E-state index contributed by atoms with van der Waals surface area (Å²) in [6, 6.07) is 14.4. The number of benzene rings is 2. The van der Waals surface area contributed by atoms with Crippen molar-refractivity contribution in [2.75, 3.05) is 25.4 Å². The standard InChI is InChI=1S/C25H31ClN4O2S/c1-4-29(5-2)16-8-9-18(3)27-23(31)17-33-25-28-22-11-7-6-10-21(22)24(32)30(25)20-14-12-19(26)13-15-20/h6-7,10-15,18H,4-5,8-9,16-17H2,1-3H3,(H,27,31). The maximum atomic E-state index is 13.3. The second kappa shape index (κ2) is 12.2. The third-order valence-corrected chi connectivity index (χ3v) is 6.77. The van der Waals surface area contributed by atoms with Gasteiger partial charge in [0.1, 0.15) is 0 Å². The molecule has 6 nitrogen and oxygen atoms in total. The highest BCUT2D eigenvalue weighted by atomic mass is 35.5. The molecule has 1 amide bonds. The van der Waals surface area contributed by atoms with Crippen LogP contribution in [0.3, 0.4) is 0 Å². The zero-order chi connectivity index (χ0) is 23.8. The minimum Gasteiger partial charge on any atom is -0.353 e. The lowest BCUT2D eigenvalue weighted by molar-refractivity contribution is -0.119. The number of hydrogen-bond donors (Lipinski definition) is 1. The maximum absolute atomic E-state index is 13.3. The van der Waals surface area contributed by atoms with Gasteiger partial charge in [0.25, 0.3) is 5.56 Å². The molecule has 3 aromatic rings. The van der Waals surface area contributed by atoms with Crippen molar-refractivity contribution < 1.29 is 4.79 Å². The molecule has 1 N–H and O–H groups in total. The minimum atomic E-state index is -0.171. The average Bonchev–Trinajstić information content (AvgIpc) is 2.81. The van der Waals surface area contributed by atoms with Crippen molar-refractivity contribution in [3.05, 3.63) is 63.9 Å². The van der Waals surface area contributed by atoms with Gasteiger partial charge in [-0.05, 0) is 75.8 Å². The van der Waals surface area contributed by atoms with Crippen LogP contribution in [0.5, 0.6) is 0 Å². The molecule has 0 saturated carbocycles. The van der Waals surface area contributed by atoms with Gasteiger partial charge in [-0.2, -0.15) is 0 Å². The highest BCUT2D eigenvalue weighted by molar-refractivity contribution is 7.99. The number of thioether (sulfide) groups is 1. The third kappa shape index (κ3) is 6.82. The molecule has 0 saturated heterocycles. The van der Waals surface area contributed by atoms with Crippen LogP contribution in [0, 0.1) is 0 Å². The van der Waals surface area contributed by atoms with Gasteiger partial charge in [-0.3, -0.25) is 14.2 Å². The van der Waals surface area contributed by atoms with Gasteiger partial charge in [-0.25, -0.2) is 4.98 Å². The summed E-state index contributed by atoms with van der Waals surface area (Å²) in [5, 5.41) is 4.66. The van der Waals surface area contributed by atoms with Crippen LogP contribution in [0.25, 0.3) is 16.6 Å². The fourth-order valence-electron chi connectivity index (χ4n) is 3.71. The van der Waals surface area contributed by atoms with Gasteiger partial charge < -0.3 is 10.2 Å². The Morgan fingerprint density at radius 3 is 2.55 bits per heavy atom. The molecular weight excluding hydrogens is 456 g/mol. The molecule has 1 unspecified atom stereocenters. The smallest absolute Gasteiger partial charge is 0.266 e. The summed E-state index contributed by atoms with van der Waals surface area (Å²) < 4.78 is 1.55. The Labute approximate surface area is 204 Å². The van der Waals surface area contributed by atoms with Crippen molar-refractivity contribution in [3.63, 3.8) is 0 Å². The second-order valence-electron chi connectivity index (χ2n) is 7.95. The Morgan fingerprint density at radius 2 is 1.85 bits per heavy atom. The zero-order valence-corrected chi connectivity index (χ0v) is 21.0. The van der Waals surface area contributed by atoms with Crippen LogP contribution in [0.15, 0.2) is 58.5 Å². The van der Waals surface area contributed by atoms with Gasteiger partial charge in [0.15, 0.2) is 5.16 Å². The number of halogens is 1. The molecule has 0 radical (unpaired) electrons. The molecule has 1 heterocycles. The molecule has 1 atom stereocenters. The van der Waals surface area contributed by atoms with Crippen LogP contribution < -0.4 is 10.9 Å². The second-order valence-corrected chi connectivity index (χ2v) is 9.33. The summed E-state index contributed by atoms with van der Waals surface area (Å²) in [6.07, 6.45) is 1.97. The van der Waals surface area contributed by atoms with Gasteiger partial charge in [-0.1, -0.05) is 49.3 Å². The summed E-state index contributed by atoms with van der Waals surface area (Å²) in [4.78, 5) is 32.9. The third-order valence-electron chi connectivity index (χ3n) is 5.58. The molecule has 0 aliphatic carbocycles. The normalized spacial score (nSPS) is 12.3. The first-order valence-electron chi connectivity index (χ1n) is 11.3. The van der Waals surface area contributed by atoms with Crippen LogP contribution in [0.2, 0.25) is 5.02 Å². The van der Waals surface area contributed by atoms with Crippen molar-refractivity contribution >= 4 is 40.2 Å². The van der Waals surface area contributed by atoms with Crippen molar-refractivity contribution in [2.24, 2.45) is 0 Å². The number of hydrogen-bond acceptors (Lipinski definition) is 5. The SMILES string of the molecule is CCN(CC)CCCC(C)NC(=O)CSc1nc2ccccc2c(=O)n1-c1ccc(Cl)cc1. The Balaban J connectivity index is 1.72. The Bertz CT molecular complexity index is 1130. The lowest BCUT2D eigenvalue weighted by Crippen LogP contribution is -2.35. The van der Waals surface area contributed by atoms with E-state index in [2.05, 4.69) is 29.0 Å². The summed E-state index contributed by atoms with van der Waals surface area (Å²) in [5.74, 6) is 0.110. The Morgan fingerprint density at radius 1 is 1.15 bits per heavy atom. The summed E-state index contributed by atoms with van der Waals surface area (Å²) in [6.45, 7) is 9.48. The van der Waals surface area contributed by atoms with Crippen LogP contribution in [-0.2, 0) is 4.79 Å². The number of para-hydroxylation sites is 1. The number of nitrogens with zero attached hydrogens (tertiary/aromatic N) is 3. The lowest BCUT2D eigenvalue weighted by atomic mass is 10.2. The molecule has 1 aromatic heterocycles. The predicted molar refractivity (Wildman–Crippen MR) is 138 cm³/mol. The molecule has 2 aromatic carbocycles. The summed E-state index contributed by atoms with van der Waals surface area (Å²) in [7, 11) is 0. The van der Waals surface area contributed by atoms with Crippen LogP contribution in [-0.4, -0.2) is 51.8 Å². The first-order chi connectivity index (χ1) is 15.9. The topological polar surface area (TPSA) is 67.2 Å². The van der Waals surface area contributed by atoms with E-state index in [1.807, 2.05) is 25.1 Å². The number of amides is 1. The molecule has 3 rings (SSSR count). The molecule has 0 aliphatic heterocycles. The van der Waals surface area contributed by atoms with Gasteiger partial charge in [0.2, 0.25) is 5.91 Å². The van der Waals surface area contributed by atoms with Gasteiger partial charge in [0.05, 0.1) is 22.3 Å². The molecule has 176 valence electrons. The maximum Gasteiger partial charge on any atom is 0.266 e. The van der Waals surface area contributed by atoms with E-state index in [1.165, 1.54) is 11.8 Å². The van der Waals surface area contributed by atoms with Gasteiger partial charge in [0, 0.05) is 11.1 Å². The fraction of sp³-hybridized carbons (Fsp3) is 0.400. The van der Waals surface area contributed by atoms with Crippen molar-refractivity contribution in [1.82, 2.24) is 19.8 Å². The monoisotopic (exact) mass is 486 g/mol. The van der Waals surface area contributed by atoms with Crippen molar-refractivity contribution in [3.8, 4) is 5.69 Å². The summed E-state index contributed by atoms with van der Waals surface area (Å²) in [5.41, 5.74) is 1.10. The first kappa shape index (κ1) is 25.3. The van der Waals surface area contributed by atoms with E-state index in [0.29, 0.717) is 26.8 Å². The molecular formula is C25H31ClN4O2S. The van der Waals surface area contributed by atoms with Crippen LogP contribution in [0.4, 0.5) is 0 Å². The van der Waals surface area contributed by atoms with Crippen molar-refractivity contribution in [2.45, 2.75) is 44.8 Å². The van der Waals surface area contributed by atoms with Crippen LogP contribution >= 0.6 is 23.4 Å². The minimum absolute atomic E-state index is 0.0691. The van der Waals surface area contributed by atoms with E-state index in [1.54, 1.807) is 34.9 Å². The van der Waals surface area contributed by atoms with Gasteiger partial charge >= 0.3 is 0 Å². The molecule has 0 aliphatic rings. The molecule has 8 heteroatoms. The van der Waals surface area contributed by atoms with Crippen molar-refractivity contribution in [1.29, 1.82) is 0 Å². The largest absolute Gasteiger partial charge is 0.353 e. The zero-order valence-electron chi connectivity index (χ0n) is 19.4. The number of carbonyl (C=O) groups is 1. The lowest BCUT2D eigenvalue weighted by Gasteiger charge is -2.20.